The quantitative estimate of drug-likeness (QED) is 0.372. The molecule has 1 fully saturated rings. The van der Waals surface area contributed by atoms with Gasteiger partial charge in [0.25, 0.3) is 11.8 Å². The Kier molecular flexibility index (Phi) is 8.52. The van der Waals surface area contributed by atoms with Crippen LogP contribution in [0, 0.1) is 0 Å². The van der Waals surface area contributed by atoms with E-state index in [1.807, 2.05) is 11.8 Å². The number of amides is 1. The van der Waals surface area contributed by atoms with Crippen molar-refractivity contribution in [1.29, 1.82) is 0 Å². The summed E-state index contributed by atoms with van der Waals surface area (Å²) in [5.41, 5.74) is -0.448. The van der Waals surface area contributed by atoms with Gasteiger partial charge in [0.05, 0.1) is 16.6 Å². The molecule has 3 aromatic rings. The number of rotatable bonds is 7. The van der Waals surface area contributed by atoms with Crippen LogP contribution in [0.5, 0.6) is 17.4 Å². The molecule has 0 unspecified atom stereocenters. The Morgan fingerprint density at radius 3 is 2.63 bits per heavy atom. The zero-order valence-electron chi connectivity index (χ0n) is 22.6. The second kappa shape index (κ2) is 12.1. The van der Waals surface area contributed by atoms with Gasteiger partial charge in [0, 0.05) is 44.0 Å². The van der Waals surface area contributed by atoms with Gasteiger partial charge >= 0.3 is 6.18 Å². The Balaban J connectivity index is 1.32. The van der Waals surface area contributed by atoms with E-state index in [2.05, 4.69) is 32.4 Å². The molecule has 0 bridgehead atoms. The first-order valence-electron chi connectivity index (χ1n) is 13.3. The first kappa shape index (κ1) is 28.9. The number of nitrogens with zero attached hydrogens (tertiary/aromatic N) is 4. The van der Waals surface area contributed by atoms with Crippen molar-refractivity contribution >= 4 is 29.0 Å². The molecule has 2 N–H and O–H groups in total. The standard InChI is InChI=1S/C28H30ClF3N6O3/c1-3-37-8-10-38(11-9-37)14-19-4-6-20(13-21(19)28(30,31)32)36-26(39)18-5-7-22(29)23(12-18)41-27-24-25(33-16-34-27)35-17(2)15-40-24/h4-7,12-13,16-17H,3,8-11,14-15H2,1-2H3,(H,36,39)(H,33,34,35)/t17-/m1/s1. The molecule has 1 amide bonds. The van der Waals surface area contributed by atoms with Gasteiger partial charge in [0.2, 0.25) is 5.75 Å². The lowest BCUT2D eigenvalue weighted by molar-refractivity contribution is -0.138. The fraction of sp³-hybridized carbons (Fsp3) is 0.393. The van der Waals surface area contributed by atoms with Crippen molar-refractivity contribution in [1.82, 2.24) is 19.8 Å². The summed E-state index contributed by atoms with van der Waals surface area (Å²) < 4.78 is 53.6. The molecule has 218 valence electrons. The number of benzene rings is 2. The maximum atomic E-state index is 14.0. The number of anilines is 2. The van der Waals surface area contributed by atoms with Crippen molar-refractivity contribution < 1.29 is 27.4 Å². The number of likely N-dealkylation sites (N-methyl/N-ethyl adjacent to an activating group) is 1. The zero-order chi connectivity index (χ0) is 29.1. The SMILES string of the molecule is CCN1CCN(Cc2ccc(NC(=O)c3ccc(Cl)c(Oc4ncnc5c4OC[C@@H](C)N5)c3)cc2C(F)(F)F)CC1. The third-order valence-electron chi connectivity index (χ3n) is 7.01. The van der Waals surface area contributed by atoms with Crippen LogP contribution in [0.15, 0.2) is 42.7 Å². The largest absolute Gasteiger partial charge is 0.483 e. The van der Waals surface area contributed by atoms with E-state index in [4.69, 9.17) is 21.1 Å². The molecule has 1 atom stereocenters. The summed E-state index contributed by atoms with van der Waals surface area (Å²) in [5.74, 6) is 0.376. The molecule has 0 radical (unpaired) electrons. The highest BCUT2D eigenvalue weighted by molar-refractivity contribution is 6.32. The Labute approximate surface area is 240 Å². The summed E-state index contributed by atoms with van der Waals surface area (Å²) in [4.78, 5) is 25.6. The predicted octanol–water partition coefficient (Wildman–Crippen LogP) is 5.52. The van der Waals surface area contributed by atoms with Gasteiger partial charge in [-0.15, -0.1) is 0 Å². The fourth-order valence-electron chi connectivity index (χ4n) is 4.74. The summed E-state index contributed by atoms with van der Waals surface area (Å²) in [6, 6.07) is 8.23. The average Bonchev–Trinajstić information content (AvgIpc) is 2.94. The van der Waals surface area contributed by atoms with Crippen molar-refractivity contribution in [2.75, 3.05) is 50.0 Å². The summed E-state index contributed by atoms with van der Waals surface area (Å²) in [6.07, 6.45) is -3.27. The van der Waals surface area contributed by atoms with Crippen LogP contribution in [-0.4, -0.2) is 71.0 Å². The molecular formula is C28H30ClF3N6O3. The van der Waals surface area contributed by atoms with E-state index in [1.165, 1.54) is 36.7 Å². The second-order valence-electron chi connectivity index (χ2n) is 9.99. The molecule has 0 saturated carbocycles. The summed E-state index contributed by atoms with van der Waals surface area (Å²) >= 11 is 6.31. The van der Waals surface area contributed by atoms with Crippen LogP contribution in [0.1, 0.15) is 35.3 Å². The van der Waals surface area contributed by atoms with Gasteiger partial charge < -0.3 is 25.0 Å². The normalized spacial score (nSPS) is 17.8. The molecule has 2 aliphatic heterocycles. The summed E-state index contributed by atoms with van der Waals surface area (Å²) in [6.45, 7) is 8.53. The lowest BCUT2D eigenvalue weighted by Crippen LogP contribution is -2.45. The van der Waals surface area contributed by atoms with Crippen molar-refractivity contribution in [3.05, 3.63) is 64.4 Å². The molecule has 0 spiro atoms. The fourth-order valence-corrected chi connectivity index (χ4v) is 4.89. The molecule has 9 nitrogen and oxygen atoms in total. The number of hydrogen-bond acceptors (Lipinski definition) is 8. The van der Waals surface area contributed by atoms with Gasteiger partial charge in [-0.1, -0.05) is 24.6 Å². The van der Waals surface area contributed by atoms with Crippen LogP contribution < -0.4 is 20.1 Å². The maximum Gasteiger partial charge on any atom is 0.416 e. The Morgan fingerprint density at radius 1 is 1.15 bits per heavy atom. The minimum Gasteiger partial charge on any atom is -0.483 e. The number of ether oxygens (including phenoxy) is 2. The molecular weight excluding hydrogens is 561 g/mol. The first-order valence-corrected chi connectivity index (χ1v) is 13.7. The molecule has 41 heavy (non-hydrogen) atoms. The van der Waals surface area contributed by atoms with Crippen LogP contribution in [0.3, 0.4) is 0 Å². The first-order chi connectivity index (χ1) is 19.6. The minimum absolute atomic E-state index is 0.0257. The molecule has 2 aromatic carbocycles. The van der Waals surface area contributed by atoms with E-state index in [9.17, 15) is 18.0 Å². The van der Waals surface area contributed by atoms with E-state index >= 15 is 0 Å². The third-order valence-corrected chi connectivity index (χ3v) is 7.32. The number of aromatic nitrogens is 2. The topological polar surface area (TPSA) is 91.9 Å². The number of carbonyl (C=O) groups excluding carboxylic acids is 1. The number of nitrogens with one attached hydrogen (secondary N) is 2. The lowest BCUT2D eigenvalue weighted by Gasteiger charge is -2.34. The Morgan fingerprint density at radius 2 is 1.90 bits per heavy atom. The molecule has 0 aliphatic carbocycles. The van der Waals surface area contributed by atoms with Gasteiger partial charge in [-0.05, 0) is 49.4 Å². The summed E-state index contributed by atoms with van der Waals surface area (Å²) in [5, 5.41) is 5.93. The van der Waals surface area contributed by atoms with Crippen molar-refractivity contribution in [3.8, 4) is 17.4 Å². The van der Waals surface area contributed by atoms with Crippen LogP contribution in [0.25, 0.3) is 0 Å². The van der Waals surface area contributed by atoms with Crippen LogP contribution in [0.2, 0.25) is 5.02 Å². The Bertz CT molecular complexity index is 1420. The van der Waals surface area contributed by atoms with Crippen LogP contribution in [0.4, 0.5) is 24.7 Å². The van der Waals surface area contributed by atoms with Gasteiger partial charge in [0.1, 0.15) is 18.7 Å². The van der Waals surface area contributed by atoms with E-state index in [0.29, 0.717) is 31.3 Å². The van der Waals surface area contributed by atoms with Gasteiger partial charge in [-0.2, -0.15) is 18.2 Å². The Hall–Kier alpha value is -3.61. The lowest BCUT2D eigenvalue weighted by atomic mass is 10.0. The smallest absolute Gasteiger partial charge is 0.416 e. The van der Waals surface area contributed by atoms with Gasteiger partial charge in [-0.25, -0.2) is 4.98 Å². The van der Waals surface area contributed by atoms with Crippen molar-refractivity contribution in [3.63, 3.8) is 0 Å². The van der Waals surface area contributed by atoms with Crippen molar-refractivity contribution in [2.24, 2.45) is 0 Å². The predicted molar refractivity (Wildman–Crippen MR) is 149 cm³/mol. The molecule has 5 rings (SSSR count). The maximum absolute atomic E-state index is 14.0. The van der Waals surface area contributed by atoms with Crippen LogP contribution in [-0.2, 0) is 12.7 Å². The minimum atomic E-state index is -4.58. The average molecular weight is 591 g/mol. The second-order valence-corrected chi connectivity index (χ2v) is 10.4. The molecule has 1 aromatic heterocycles. The van der Waals surface area contributed by atoms with E-state index in [1.54, 1.807) is 0 Å². The molecule has 3 heterocycles. The number of fused-ring (bicyclic) bond motifs is 1. The summed E-state index contributed by atoms with van der Waals surface area (Å²) in [7, 11) is 0. The number of carbonyl (C=O) groups is 1. The zero-order valence-corrected chi connectivity index (χ0v) is 23.3. The highest BCUT2D eigenvalue weighted by Crippen LogP contribution is 2.39. The van der Waals surface area contributed by atoms with Gasteiger partial charge in [0.15, 0.2) is 5.82 Å². The highest BCUT2D eigenvalue weighted by atomic mass is 35.5. The van der Waals surface area contributed by atoms with Crippen molar-refractivity contribution in [2.45, 2.75) is 32.6 Å². The number of piperazine rings is 1. The number of halogens is 4. The highest BCUT2D eigenvalue weighted by Gasteiger charge is 2.34. The van der Waals surface area contributed by atoms with E-state index in [-0.39, 0.29) is 46.1 Å². The molecule has 13 heteroatoms. The van der Waals surface area contributed by atoms with Gasteiger partial charge in [-0.3, -0.25) is 9.69 Å². The monoisotopic (exact) mass is 590 g/mol. The third kappa shape index (κ3) is 6.83. The number of hydrogen-bond donors (Lipinski definition) is 2. The van der Waals surface area contributed by atoms with E-state index < -0.39 is 17.6 Å². The van der Waals surface area contributed by atoms with E-state index in [0.717, 1.165) is 25.7 Å². The molecule has 2 aliphatic rings. The van der Waals surface area contributed by atoms with Crippen LogP contribution >= 0.6 is 11.6 Å². The molecule has 1 saturated heterocycles. The number of alkyl halides is 3.